The van der Waals surface area contributed by atoms with E-state index in [2.05, 4.69) is 41.3 Å². The van der Waals surface area contributed by atoms with E-state index in [0.717, 1.165) is 16.8 Å². The molecule has 2 aromatic carbocycles. The van der Waals surface area contributed by atoms with E-state index in [1.54, 1.807) is 24.3 Å². The van der Waals surface area contributed by atoms with Gasteiger partial charge < -0.3 is 10.0 Å². The van der Waals surface area contributed by atoms with Crippen LogP contribution in [0.15, 0.2) is 73.1 Å². The van der Waals surface area contributed by atoms with Crippen LogP contribution >= 0.6 is 0 Å². The minimum Gasteiger partial charge on any atom is -0.478 e. The minimum atomic E-state index is -0.916. The van der Waals surface area contributed by atoms with Gasteiger partial charge in [-0.25, -0.2) is 4.79 Å². The summed E-state index contributed by atoms with van der Waals surface area (Å²) in [5.41, 5.74) is 4.63. The highest BCUT2D eigenvalue weighted by Crippen LogP contribution is 2.14. The van der Waals surface area contributed by atoms with Crippen molar-refractivity contribution in [1.29, 1.82) is 0 Å². The molecule has 1 heterocycles. The van der Waals surface area contributed by atoms with E-state index < -0.39 is 5.97 Å². The quantitative estimate of drug-likeness (QED) is 0.713. The number of hydrogen-bond acceptors (Lipinski definition) is 2. The summed E-state index contributed by atoms with van der Waals surface area (Å²) in [6, 6.07) is 19.2. The smallest absolute Gasteiger partial charge is 0.335 e. The van der Waals surface area contributed by atoms with Gasteiger partial charge in [0, 0.05) is 44.0 Å². The topological polar surface area (TPSA) is 44.4 Å². The van der Waals surface area contributed by atoms with Gasteiger partial charge in [-0.1, -0.05) is 24.3 Å². The Morgan fingerprint density at radius 3 is 1.88 bits per heavy atom. The Labute approximate surface area is 153 Å². The van der Waals surface area contributed by atoms with Crippen molar-refractivity contribution in [2.45, 2.75) is 0 Å². The highest BCUT2D eigenvalue weighted by molar-refractivity contribution is 5.87. The maximum absolute atomic E-state index is 10.9. The summed E-state index contributed by atoms with van der Waals surface area (Å²) >= 11 is 0. The van der Waals surface area contributed by atoms with Crippen molar-refractivity contribution in [2.24, 2.45) is 0 Å². The number of anilines is 1. The molecular formula is C22H21N2O2+. The molecule has 130 valence electrons. The number of benzene rings is 2. The van der Waals surface area contributed by atoms with E-state index in [1.165, 1.54) is 5.69 Å². The Bertz CT molecular complexity index is 910. The SMILES string of the molecule is CN(C)c1ccc(C=Cc2cc[n+](-c3ccc(C(=O)O)cc3)cc2)cc1. The number of nitrogens with zero attached hydrogens (tertiary/aromatic N) is 2. The van der Waals surface area contributed by atoms with Gasteiger partial charge in [0.1, 0.15) is 0 Å². The Balaban J connectivity index is 1.71. The van der Waals surface area contributed by atoms with Crippen LogP contribution in [0.1, 0.15) is 21.5 Å². The van der Waals surface area contributed by atoms with Crippen LogP contribution in [0.3, 0.4) is 0 Å². The van der Waals surface area contributed by atoms with Crippen molar-refractivity contribution in [3.05, 3.63) is 89.7 Å². The molecule has 0 fully saturated rings. The number of carboxylic acids is 1. The maximum atomic E-state index is 10.9. The third kappa shape index (κ3) is 4.16. The van der Waals surface area contributed by atoms with Crippen molar-refractivity contribution in [1.82, 2.24) is 0 Å². The molecule has 0 aliphatic carbocycles. The van der Waals surface area contributed by atoms with Crippen LogP contribution in [-0.4, -0.2) is 25.2 Å². The molecule has 4 heteroatoms. The number of rotatable bonds is 5. The van der Waals surface area contributed by atoms with Gasteiger partial charge in [-0.3, -0.25) is 0 Å². The number of carbonyl (C=O) groups is 1. The number of hydrogen-bond donors (Lipinski definition) is 1. The van der Waals surface area contributed by atoms with Gasteiger partial charge in [-0.05, 0) is 35.4 Å². The molecule has 0 bridgehead atoms. The summed E-state index contributed by atoms with van der Waals surface area (Å²) < 4.78 is 1.95. The van der Waals surface area contributed by atoms with Gasteiger partial charge in [0.25, 0.3) is 0 Å². The molecule has 26 heavy (non-hydrogen) atoms. The third-order valence-corrected chi connectivity index (χ3v) is 4.15. The van der Waals surface area contributed by atoms with Crippen molar-refractivity contribution < 1.29 is 14.5 Å². The average molecular weight is 345 g/mol. The lowest BCUT2D eigenvalue weighted by Crippen LogP contribution is -2.29. The fraction of sp³-hybridized carbons (Fsp3) is 0.0909. The predicted octanol–water partition coefficient (Wildman–Crippen LogP) is 3.90. The molecule has 0 aliphatic heterocycles. The molecule has 0 unspecified atom stereocenters. The van der Waals surface area contributed by atoms with Gasteiger partial charge in [0.15, 0.2) is 12.4 Å². The summed E-state index contributed by atoms with van der Waals surface area (Å²) in [6.07, 6.45) is 8.08. The minimum absolute atomic E-state index is 0.286. The molecule has 1 aromatic heterocycles. The first-order chi connectivity index (χ1) is 12.5. The molecule has 3 aromatic rings. The van der Waals surface area contributed by atoms with E-state index in [9.17, 15) is 4.79 Å². The first-order valence-electron chi connectivity index (χ1n) is 8.33. The lowest BCUT2D eigenvalue weighted by molar-refractivity contribution is -0.595. The Hall–Kier alpha value is -3.40. The molecule has 0 aliphatic rings. The zero-order chi connectivity index (χ0) is 18.5. The molecule has 0 saturated carbocycles. The normalized spacial score (nSPS) is 10.8. The van der Waals surface area contributed by atoms with Gasteiger partial charge in [0.2, 0.25) is 5.69 Å². The number of carboxylic acid groups (broad SMARTS) is 1. The fourth-order valence-electron chi connectivity index (χ4n) is 2.57. The molecule has 0 spiro atoms. The summed E-state index contributed by atoms with van der Waals surface area (Å²) in [7, 11) is 4.05. The Morgan fingerprint density at radius 2 is 1.38 bits per heavy atom. The van der Waals surface area contributed by atoms with E-state index in [4.69, 9.17) is 5.11 Å². The van der Waals surface area contributed by atoms with Gasteiger partial charge in [-0.2, -0.15) is 4.57 Å². The average Bonchev–Trinajstić information content (AvgIpc) is 2.67. The number of aromatic nitrogens is 1. The summed E-state index contributed by atoms with van der Waals surface area (Å²) in [5, 5.41) is 8.96. The second-order valence-corrected chi connectivity index (χ2v) is 6.21. The second kappa shape index (κ2) is 7.66. The summed E-state index contributed by atoms with van der Waals surface area (Å²) in [6.45, 7) is 0. The number of pyridine rings is 1. The third-order valence-electron chi connectivity index (χ3n) is 4.15. The number of aromatic carboxylic acids is 1. The van der Waals surface area contributed by atoms with Gasteiger partial charge in [0.05, 0.1) is 5.56 Å². The molecule has 0 radical (unpaired) electrons. The molecule has 3 rings (SSSR count). The van der Waals surface area contributed by atoms with Crippen molar-refractivity contribution in [2.75, 3.05) is 19.0 Å². The molecule has 4 nitrogen and oxygen atoms in total. The molecule has 0 amide bonds. The summed E-state index contributed by atoms with van der Waals surface area (Å²) in [4.78, 5) is 13.0. The lowest BCUT2D eigenvalue weighted by atomic mass is 10.1. The molecular weight excluding hydrogens is 324 g/mol. The van der Waals surface area contributed by atoms with E-state index >= 15 is 0 Å². The largest absolute Gasteiger partial charge is 0.478 e. The second-order valence-electron chi connectivity index (χ2n) is 6.21. The zero-order valence-corrected chi connectivity index (χ0v) is 14.8. The van der Waals surface area contributed by atoms with Crippen LogP contribution in [0.2, 0.25) is 0 Å². The maximum Gasteiger partial charge on any atom is 0.335 e. The van der Waals surface area contributed by atoms with Gasteiger partial charge in [-0.15, -0.1) is 0 Å². The van der Waals surface area contributed by atoms with Crippen molar-refractivity contribution in [3.63, 3.8) is 0 Å². The molecule has 1 N–H and O–H groups in total. The Morgan fingerprint density at radius 1 is 0.846 bits per heavy atom. The van der Waals surface area contributed by atoms with Crippen LogP contribution in [0.25, 0.3) is 17.8 Å². The van der Waals surface area contributed by atoms with E-state index in [1.807, 2.05) is 43.2 Å². The highest BCUT2D eigenvalue weighted by Gasteiger charge is 2.07. The molecule has 0 atom stereocenters. The first kappa shape index (κ1) is 17.4. The van der Waals surface area contributed by atoms with Crippen LogP contribution in [0, 0.1) is 0 Å². The first-order valence-corrected chi connectivity index (χ1v) is 8.33. The van der Waals surface area contributed by atoms with Crippen LogP contribution in [-0.2, 0) is 0 Å². The van der Waals surface area contributed by atoms with Crippen molar-refractivity contribution >= 4 is 23.8 Å². The monoisotopic (exact) mass is 345 g/mol. The molecule has 0 saturated heterocycles. The standard InChI is InChI=1S/C22H20N2O2/c1-23(2)20-9-5-17(6-10-20)3-4-18-13-15-24(16-14-18)21-11-7-19(8-12-21)22(25)26/h3-16H,1-2H3/p+1. The lowest BCUT2D eigenvalue weighted by Gasteiger charge is -2.11. The van der Waals surface area contributed by atoms with Crippen LogP contribution in [0.4, 0.5) is 5.69 Å². The highest BCUT2D eigenvalue weighted by atomic mass is 16.4. The van der Waals surface area contributed by atoms with Gasteiger partial charge >= 0.3 is 5.97 Å². The fourth-order valence-corrected chi connectivity index (χ4v) is 2.57. The van der Waals surface area contributed by atoms with Crippen molar-refractivity contribution in [3.8, 4) is 5.69 Å². The van der Waals surface area contributed by atoms with E-state index in [0.29, 0.717) is 0 Å². The van der Waals surface area contributed by atoms with E-state index in [-0.39, 0.29) is 5.56 Å². The van der Waals surface area contributed by atoms with Crippen LogP contribution < -0.4 is 9.47 Å². The Kier molecular flexibility index (Phi) is 5.13. The van der Waals surface area contributed by atoms with Crippen LogP contribution in [0.5, 0.6) is 0 Å². The predicted molar refractivity (Wildman–Crippen MR) is 105 cm³/mol. The zero-order valence-electron chi connectivity index (χ0n) is 14.8. The summed E-state index contributed by atoms with van der Waals surface area (Å²) in [5.74, 6) is -0.916.